The summed E-state index contributed by atoms with van der Waals surface area (Å²) >= 11 is 0. The Balaban J connectivity index is 1.78. The predicted octanol–water partition coefficient (Wildman–Crippen LogP) is 5.00. The van der Waals surface area contributed by atoms with Gasteiger partial charge in [0.1, 0.15) is 29.7 Å². The number of nitriles is 1. The Hall–Kier alpha value is -4.57. The monoisotopic (exact) mass is 456 g/mol. The molecule has 0 aromatic heterocycles. The second kappa shape index (κ2) is 11.9. The van der Waals surface area contributed by atoms with Gasteiger partial charge in [0.25, 0.3) is 5.91 Å². The van der Waals surface area contributed by atoms with Gasteiger partial charge in [0.15, 0.2) is 0 Å². The maximum atomic E-state index is 12.7. The standard InChI is InChI=1S/C27H24N2O5/c1-3-33-27(31)20-9-12-23(13-10-20)29-26(30)22(17-28)15-21-11-14-24(32-2)16-25(21)34-18-19-7-5-4-6-8-19/h4-16H,3,18H2,1-2H3,(H,29,30)/b22-15+. The molecule has 3 aromatic carbocycles. The molecule has 0 saturated carbocycles. The molecule has 0 heterocycles. The van der Waals surface area contributed by atoms with Gasteiger partial charge in [-0.3, -0.25) is 4.79 Å². The lowest BCUT2D eigenvalue weighted by molar-refractivity contribution is -0.112. The molecule has 0 saturated heterocycles. The predicted molar refractivity (Wildman–Crippen MR) is 128 cm³/mol. The van der Waals surface area contributed by atoms with Crippen LogP contribution in [0.1, 0.15) is 28.4 Å². The lowest BCUT2D eigenvalue weighted by atomic mass is 10.1. The Morgan fingerprint density at radius 2 is 1.76 bits per heavy atom. The lowest BCUT2D eigenvalue weighted by Crippen LogP contribution is -2.14. The minimum atomic E-state index is -0.587. The van der Waals surface area contributed by atoms with E-state index in [0.29, 0.717) is 34.9 Å². The van der Waals surface area contributed by atoms with E-state index in [2.05, 4.69) is 5.32 Å². The minimum absolute atomic E-state index is 0.107. The van der Waals surface area contributed by atoms with Gasteiger partial charge in [-0.15, -0.1) is 0 Å². The molecule has 0 radical (unpaired) electrons. The average molecular weight is 456 g/mol. The summed E-state index contributed by atoms with van der Waals surface area (Å²) in [6.07, 6.45) is 1.46. The number of anilines is 1. The first-order chi connectivity index (χ1) is 16.5. The third kappa shape index (κ3) is 6.47. The summed E-state index contributed by atoms with van der Waals surface area (Å²) in [5.74, 6) is 0.0316. The number of ether oxygens (including phenoxy) is 3. The van der Waals surface area contributed by atoms with Crippen molar-refractivity contribution in [3.8, 4) is 17.6 Å². The maximum Gasteiger partial charge on any atom is 0.338 e. The first-order valence-electron chi connectivity index (χ1n) is 10.6. The van der Waals surface area contributed by atoms with Crippen LogP contribution >= 0.6 is 0 Å². The number of nitrogens with one attached hydrogen (secondary N) is 1. The summed E-state index contributed by atoms with van der Waals surface area (Å²) in [6, 6.07) is 23.0. The fourth-order valence-electron chi connectivity index (χ4n) is 3.03. The van der Waals surface area contributed by atoms with E-state index in [-0.39, 0.29) is 12.2 Å². The Kier molecular flexibility index (Phi) is 8.42. The number of methoxy groups -OCH3 is 1. The molecule has 34 heavy (non-hydrogen) atoms. The molecule has 0 aliphatic carbocycles. The largest absolute Gasteiger partial charge is 0.497 e. The van der Waals surface area contributed by atoms with Gasteiger partial charge in [0, 0.05) is 17.3 Å². The molecule has 0 bridgehead atoms. The number of carbonyl (C=O) groups excluding carboxylic acids is 2. The number of benzene rings is 3. The fourth-order valence-corrected chi connectivity index (χ4v) is 3.03. The van der Waals surface area contributed by atoms with E-state index in [1.165, 1.54) is 6.08 Å². The Bertz CT molecular complexity index is 1210. The van der Waals surface area contributed by atoms with Crippen molar-refractivity contribution in [3.63, 3.8) is 0 Å². The van der Waals surface area contributed by atoms with Crippen molar-refractivity contribution < 1.29 is 23.8 Å². The van der Waals surface area contributed by atoms with Gasteiger partial charge in [0.2, 0.25) is 0 Å². The van der Waals surface area contributed by atoms with E-state index in [9.17, 15) is 14.9 Å². The van der Waals surface area contributed by atoms with Crippen molar-refractivity contribution in [2.45, 2.75) is 13.5 Å². The molecule has 1 amide bonds. The van der Waals surface area contributed by atoms with Crippen LogP contribution in [-0.2, 0) is 16.1 Å². The highest BCUT2D eigenvalue weighted by atomic mass is 16.5. The third-order valence-electron chi connectivity index (χ3n) is 4.78. The van der Waals surface area contributed by atoms with Crippen LogP contribution in [0.15, 0.2) is 78.4 Å². The summed E-state index contributed by atoms with van der Waals surface area (Å²) in [5.41, 5.74) is 2.24. The van der Waals surface area contributed by atoms with E-state index in [0.717, 1.165) is 5.56 Å². The van der Waals surface area contributed by atoms with E-state index < -0.39 is 11.9 Å². The first kappa shape index (κ1) is 24.1. The molecule has 7 nitrogen and oxygen atoms in total. The van der Waals surface area contributed by atoms with Gasteiger partial charge in [-0.25, -0.2) is 4.79 Å². The van der Waals surface area contributed by atoms with Crippen molar-refractivity contribution >= 4 is 23.6 Å². The van der Waals surface area contributed by atoms with Crippen LogP contribution in [-0.4, -0.2) is 25.6 Å². The molecule has 0 aliphatic heterocycles. The molecule has 0 aliphatic rings. The topological polar surface area (TPSA) is 97.7 Å². The number of rotatable bonds is 9. The second-order valence-electron chi connectivity index (χ2n) is 7.10. The number of nitrogens with zero attached hydrogens (tertiary/aromatic N) is 1. The molecule has 0 spiro atoms. The first-order valence-corrected chi connectivity index (χ1v) is 10.6. The van der Waals surface area contributed by atoms with Crippen LogP contribution in [0.5, 0.6) is 11.5 Å². The molecule has 0 fully saturated rings. The quantitative estimate of drug-likeness (QED) is 0.277. The molecular weight excluding hydrogens is 432 g/mol. The number of esters is 1. The fraction of sp³-hybridized carbons (Fsp3) is 0.148. The van der Waals surface area contributed by atoms with Crippen LogP contribution < -0.4 is 14.8 Å². The van der Waals surface area contributed by atoms with Gasteiger partial charge in [-0.2, -0.15) is 5.26 Å². The minimum Gasteiger partial charge on any atom is -0.497 e. The summed E-state index contributed by atoms with van der Waals surface area (Å²) in [7, 11) is 1.55. The van der Waals surface area contributed by atoms with Crippen molar-refractivity contribution in [3.05, 3.63) is 95.1 Å². The van der Waals surface area contributed by atoms with Gasteiger partial charge in [-0.1, -0.05) is 30.3 Å². The summed E-state index contributed by atoms with van der Waals surface area (Å²) in [5, 5.41) is 12.3. The van der Waals surface area contributed by atoms with Crippen molar-refractivity contribution in [2.75, 3.05) is 19.0 Å². The van der Waals surface area contributed by atoms with Gasteiger partial charge in [-0.05, 0) is 55.0 Å². The molecule has 0 atom stereocenters. The van der Waals surface area contributed by atoms with Gasteiger partial charge < -0.3 is 19.5 Å². The third-order valence-corrected chi connectivity index (χ3v) is 4.78. The molecule has 172 valence electrons. The highest BCUT2D eigenvalue weighted by Crippen LogP contribution is 2.28. The molecule has 1 N–H and O–H groups in total. The Morgan fingerprint density at radius 3 is 2.41 bits per heavy atom. The zero-order valence-corrected chi connectivity index (χ0v) is 18.9. The molecule has 3 rings (SSSR count). The Morgan fingerprint density at radius 1 is 1.03 bits per heavy atom. The van der Waals surface area contributed by atoms with Gasteiger partial charge >= 0.3 is 5.97 Å². The number of hydrogen-bond donors (Lipinski definition) is 1. The van der Waals surface area contributed by atoms with E-state index in [1.54, 1.807) is 56.5 Å². The lowest BCUT2D eigenvalue weighted by Gasteiger charge is -2.12. The van der Waals surface area contributed by atoms with E-state index in [1.807, 2.05) is 36.4 Å². The summed E-state index contributed by atoms with van der Waals surface area (Å²) in [6.45, 7) is 2.31. The summed E-state index contributed by atoms with van der Waals surface area (Å²) in [4.78, 5) is 24.5. The van der Waals surface area contributed by atoms with Crippen molar-refractivity contribution in [2.24, 2.45) is 0 Å². The molecule has 3 aromatic rings. The SMILES string of the molecule is CCOC(=O)c1ccc(NC(=O)/C(C#N)=C/c2ccc(OC)cc2OCc2ccccc2)cc1. The van der Waals surface area contributed by atoms with Crippen LogP contribution in [0.2, 0.25) is 0 Å². The van der Waals surface area contributed by atoms with Crippen LogP contribution in [0.25, 0.3) is 6.08 Å². The molecule has 7 heteroatoms. The van der Waals surface area contributed by atoms with Crippen LogP contribution in [0.3, 0.4) is 0 Å². The zero-order valence-electron chi connectivity index (χ0n) is 18.9. The number of amides is 1. The smallest absolute Gasteiger partial charge is 0.338 e. The molecular formula is C27H24N2O5. The highest BCUT2D eigenvalue weighted by Gasteiger charge is 2.13. The zero-order chi connectivity index (χ0) is 24.3. The normalized spacial score (nSPS) is 10.7. The number of carbonyl (C=O) groups is 2. The van der Waals surface area contributed by atoms with Crippen molar-refractivity contribution in [1.82, 2.24) is 0 Å². The highest BCUT2D eigenvalue weighted by molar-refractivity contribution is 6.10. The summed E-state index contributed by atoms with van der Waals surface area (Å²) < 4.78 is 16.2. The van der Waals surface area contributed by atoms with Crippen LogP contribution in [0.4, 0.5) is 5.69 Å². The van der Waals surface area contributed by atoms with E-state index in [4.69, 9.17) is 14.2 Å². The molecule has 0 unspecified atom stereocenters. The van der Waals surface area contributed by atoms with Crippen molar-refractivity contribution in [1.29, 1.82) is 5.26 Å². The van der Waals surface area contributed by atoms with Crippen LogP contribution in [0, 0.1) is 11.3 Å². The van der Waals surface area contributed by atoms with Gasteiger partial charge in [0.05, 0.1) is 19.3 Å². The second-order valence-corrected chi connectivity index (χ2v) is 7.10. The maximum absolute atomic E-state index is 12.7. The number of hydrogen-bond acceptors (Lipinski definition) is 6. The van der Waals surface area contributed by atoms with E-state index >= 15 is 0 Å². The Labute approximate surface area is 198 Å². The average Bonchev–Trinajstić information content (AvgIpc) is 2.87.